The van der Waals surface area contributed by atoms with Gasteiger partial charge in [-0.2, -0.15) is 0 Å². The van der Waals surface area contributed by atoms with Gasteiger partial charge in [-0.1, -0.05) is 43.2 Å². The normalized spacial score (nSPS) is 17.1. The number of hydrogen-bond acceptors (Lipinski definition) is 7. The Hall–Kier alpha value is -4.09. The molecule has 2 fully saturated rings. The van der Waals surface area contributed by atoms with Gasteiger partial charge >= 0.3 is 0 Å². The highest BCUT2D eigenvalue weighted by atomic mass is 32.2. The molecule has 0 radical (unpaired) electrons. The van der Waals surface area contributed by atoms with Crippen LogP contribution in [0.4, 0.5) is 10.5 Å². The number of rotatable bonds is 9. The fourth-order valence-electron chi connectivity index (χ4n) is 5.37. The van der Waals surface area contributed by atoms with Crippen LogP contribution in [0.2, 0.25) is 0 Å². The van der Waals surface area contributed by atoms with E-state index in [1.165, 1.54) is 32.1 Å². The first-order valence-corrected chi connectivity index (χ1v) is 15.7. The van der Waals surface area contributed by atoms with E-state index < -0.39 is 0 Å². The van der Waals surface area contributed by atoms with E-state index in [4.69, 9.17) is 26.7 Å². The number of carbonyl (C=O) groups excluding carboxylic acids is 2. The highest BCUT2D eigenvalue weighted by Crippen LogP contribution is 2.28. The van der Waals surface area contributed by atoms with Crippen molar-refractivity contribution in [2.24, 2.45) is 7.05 Å². The Bertz CT molecular complexity index is 1630. The summed E-state index contributed by atoms with van der Waals surface area (Å²) in [6.07, 6.45) is 6.67. The first-order valence-electron chi connectivity index (χ1n) is 14.4. The Kier molecular flexibility index (Phi) is 8.80. The van der Waals surface area contributed by atoms with Crippen LogP contribution in [0.5, 0.6) is 17.2 Å². The molecule has 11 heteroatoms. The van der Waals surface area contributed by atoms with E-state index in [0.717, 1.165) is 45.6 Å². The lowest BCUT2D eigenvalue weighted by Gasteiger charge is -2.24. The number of benzene rings is 3. The molecule has 9 nitrogen and oxygen atoms in total. The van der Waals surface area contributed by atoms with E-state index in [9.17, 15) is 9.59 Å². The summed E-state index contributed by atoms with van der Waals surface area (Å²) in [7, 11) is 1.96. The van der Waals surface area contributed by atoms with Gasteiger partial charge in [0.15, 0.2) is 5.11 Å². The average Bonchev–Trinajstić information content (AvgIpc) is 3.50. The summed E-state index contributed by atoms with van der Waals surface area (Å²) in [6.45, 7) is 0.294. The summed E-state index contributed by atoms with van der Waals surface area (Å²) in [4.78, 5) is 28.0. The number of aryl methyl sites for hydroxylation is 1. The predicted octanol–water partition coefficient (Wildman–Crippen LogP) is 6.46. The van der Waals surface area contributed by atoms with E-state index in [1.807, 2.05) is 78.3 Å². The zero-order valence-corrected chi connectivity index (χ0v) is 25.4. The maximum atomic E-state index is 11.8. The second kappa shape index (κ2) is 13.0. The molecule has 1 saturated heterocycles. The van der Waals surface area contributed by atoms with Crippen molar-refractivity contribution >= 4 is 57.0 Å². The first kappa shape index (κ1) is 29.0. The van der Waals surface area contributed by atoms with Crippen LogP contribution in [-0.4, -0.2) is 37.1 Å². The average molecular weight is 616 g/mol. The van der Waals surface area contributed by atoms with Crippen LogP contribution >= 0.6 is 24.0 Å². The summed E-state index contributed by atoms with van der Waals surface area (Å²) in [6, 6.07) is 21.6. The minimum absolute atomic E-state index is 0.237. The van der Waals surface area contributed by atoms with Gasteiger partial charge in [0.05, 0.1) is 16.3 Å². The van der Waals surface area contributed by atoms with Crippen LogP contribution in [0, 0.1) is 0 Å². The van der Waals surface area contributed by atoms with Gasteiger partial charge in [-0.05, 0) is 85.6 Å². The maximum absolute atomic E-state index is 11.8. The van der Waals surface area contributed by atoms with Crippen LogP contribution in [-0.2, 0) is 24.9 Å². The quantitative estimate of drug-likeness (QED) is 0.183. The zero-order valence-electron chi connectivity index (χ0n) is 23.8. The summed E-state index contributed by atoms with van der Waals surface area (Å²) < 4.78 is 14.1. The van der Waals surface area contributed by atoms with Gasteiger partial charge in [-0.3, -0.25) is 14.9 Å². The second-order valence-electron chi connectivity index (χ2n) is 10.8. The highest BCUT2D eigenvalue weighted by molar-refractivity contribution is 8.15. The second-order valence-corrected chi connectivity index (χ2v) is 12.4. The maximum Gasteiger partial charge on any atom is 0.286 e. The lowest BCUT2D eigenvalue weighted by molar-refractivity contribution is -0.118. The molecule has 0 spiro atoms. The molecule has 43 heavy (non-hydrogen) atoms. The van der Waals surface area contributed by atoms with E-state index in [1.54, 1.807) is 0 Å². The van der Waals surface area contributed by atoms with Crippen LogP contribution in [0.1, 0.15) is 43.5 Å². The zero-order chi connectivity index (χ0) is 29.8. The molecule has 1 aliphatic heterocycles. The van der Waals surface area contributed by atoms with Gasteiger partial charge in [-0.15, -0.1) is 0 Å². The number of nitrogens with one attached hydrogen (secondary N) is 3. The number of hydrogen-bond donors (Lipinski definition) is 3. The summed E-state index contributed by atoms with van der Waals surface area (Å²) in [5.74, 6) is 2.68. The first-order chi connectivity index (χ1) is 20.9. The third kappa shape index (κ3) is 7.29. The number of carbonyl (C=O) groups is 2. The molecule has 1 unspecified atom stereocenters. The Labute approximate surface area is 259 Å². The smallest absolute Gasteiger partial charge is 0.286 e. The van der Waals surface area contributed by atoms with E-state index in [-0.39, 0.29) is 16.4 Å². The molecule has 222 valence electrons. The summed E-state index contributed by atoms with van der Waals surface area (Å²) in [5, 5.41) is 9.01. The Morgan fingerprint density at radius 2 is 1.72 bits per heavy atom. The van der Waals surface area contributed by atoms with E-state index >= 15 is 0 Å². The largest absolute Gasteiger partial charge is 0.486 e. The Morgan fingerprint density at radius 3 is 2.44 bits per heavy atom. The van der Waals surface area contributed by atoms with Crippen LogP contribution in [0.25, 0.3) is 11.0 Å². The number of ether oxygens (including phenoxy) is 2. The van der Waals surface area contributed by atoms with Gasteiger partial charge in [0.1, 0.15) is 29.7 Å². The van der Waals surface area contributed by atoms with Crippen molar-refractivity contribution in [2.45, 2.75) is 56.4 Å². The molecule has 3 aromatic carbocycles. The number of aromatic nitrogens is 2. The molecule has 1 saturated carbocycles. The van der Waals surface area contributed by atoms with E-state index in [2.05, 4.69) is 16.0 Å². The number of thiocarbonyl (C=S) groups is 1. The van der Waals surface area contributed by atoms with Crippen molar-refractivity contribution < 1.29 is 19.1 Å². The molecule has 4 aromatic rings. The van der Waals surface area contributed by atoms with Crippen molar-refractivity contribution in [1.82, 2.24) is 20.2 Å². The Balaban J connectivity index is 1.03. The topological polar surface area (TPSA) is 107 Å². The molecular formula is C32H33N5O4S2. The van der Waals surface area contributed by atoms with Crippen molar-refractivity contribution in [3.8, 4) is 17.2 Å². The lowest BCUT2D eigenvalue weighted by atomic mass is 9.96. The minimum atomic E-state index is -0.387. The molecule has 6 rings (SSSR count). The molecular weight excluding hydrogens is 583 g/mol. The molecule has 0 bridgehead atoms. The number of imidazole rings is 1. The van der Waals surface area contributed by atoms with E-state index in [0.29, 0.717) is 35.7 Å². The molecule has 2 amide bonds. The molecule has 3 N–H and O–H groups in total. The van der Waals surface area contributed by atoms with Gasteiger partial charge in [0, 0.05) is 24.8 Å². The fraction of sp³-hybridized carbons (Fsp3) is 0.312. The number of imide groups is 1. The number of fused-ring (bicyclic) bond motifs is 1. The monoisotopic (exact) mass is 615 g/mol. The molecule has 1 atom stereocenters. The molecule has 2 aliphatic rings. The number of amides is 2. The third-order valence-electron chi connectivity index (χ3n) is 7.71. The highest BCUT2D eigenvalue weighted by Gasteiger charge is 2.31. The predicted molar refractivity (Wildman–Crippen MR) is 173 cm³/mol. The number of anilines is 1. The van der Waals surface area contributed by atoms with Crippen molar-refractivity contribution in [3.63, 3.8) is 0 Å². The number of thioether (sulfide) groups is 1. The van der Waals surface area contributed by atoms with Crippen LogP contribution < -0.4 is 25.4 Å². The van der Waals surface area contributed by atoms with Gasteiger partial charge in [-0.25, -0.2) is 4.98 Å². The summed E-state index contributed by atoms with van der Waals surface area (Å²) >= 11 is 6.54. The fourth-order valence-corrected chi connectivity index (χ4v) is 6.51. The van der Waals surface area contributed by atoms with Crippen LogP contribution in [0.15, 0.2) is 66.7 Å². The van der Waals surface area contributed by atoms with Crippen molar-refractivity contribution in [1.29, 1.82) is 0 Å². The standard InChI is InChI=1S/C32H33N5O4S2/c1-37-27-18-25(41-24-13-9-22(10-14-24)34-31(42)33-21-5-3-2-4-6-21)15-16-26(27)35-29(37)19-40-23-11-7-20(8-12-23)17-28-30(38)36-32(39)43-28/h7-16,18,21,28H,2-6,17,19H2,1H3,(H2,33,34,42)(H,36,38,39). The van der Waals surface area contributed by atoms with Crippen molar-refractivity contribution in [2.75, 3.05) is 5.32 Å². The molecule has 1 aromatic heterocycles. The lowest BCUT2D eigenvalue weighted by Crippen LogP contribution is -2.38. The van der Waals surface area contributed by atoms with Gasteiger partial charge < -0.3 is 24.7 Å². The number of nitrogens with zero attached hydrogens (tertiary/aromatic N) is 2. The molecule has 1 aliphatic carbocycles. The van der Waals surface area contributed by atoms with Crippen molar-refractivity contribution in [3.05, 3.63) is 78.1 Å². The van der Waals surface area contributed by atoms with Crippen LogP contribution in [0.3, 0.4) is 0 Å². The SMILES string of the molecule is Cn1c(COc2ccc(CC3SC(=O)NC3=O)cc2)nc2ccc(Oc3ccc(NC(=S)NC4CCCCC4)cc3)cc21. The molecule has 2 heterocycles. The Morgan fingerprint density at radius 1 is 1.00 bits per heavy atom. The minimum Gasteiger partial charge on any atom is -0.486 e. The van der Waals surface area contributed by atoms with Gasteiger partial charge in [0.2, 0.25) is 5.91 Å². The van der Waals surface area contributed by atoms with Gasteiger partial charge in [0.25, 0.3) is 5.24 Å². The third-order valence-corrected chi connectivity index (χ3v) is 8.91. The summed E-state index contributed by atoms with van der Waals surface area (Å²) in [5.41, 5.74) is 3.67.